The molecule has 1 N–H and O–H groups in total. The van der Waals surface area contributed by atoms with E-state index in [2.05, 4.69) is 15.9 Å². The largest absolute Gasteiger partial charge is 0.396 e. The van der Waals surface area contributed by atoms with Gasteiger partial charge in [0.05, 0.1) is 0 Å². The van der Waals surface area contributed by atoms with Gasteiger partial charge in [0.2, 0.25) is 0 Å². The topological polar surface area (TPSA) is 20.2 Å². The lowest BCUT2D eigenvalue weighted by molar-refractivity contribution is 0.158. The van der Waals surface area contributed by atoms with Crippen molar-refractivity contribution < 1.29 is 9.50 Å². The van der Waals surface area contributed by atoms with Gasteiger partial charge in [-0.2, -0.15) is 0 Å². The molecular formula is C11H14BrFO. The first kappa shape index (κ1) is 11.7. The molecule has 0 aromatic heterocycles. The Balaban J connectivity index is 2.87. The van der Waals surface area contributed by atoms with Crippen molar-refractivity contribution in [2.45, 2.75) is 20.3 Å². The molecule has 0 heterocycles. The minimum atomic E-state index is -0.269. The van der Waals surface area contributed by atoms with Crippen molar-refractivity contribution in [3.63, 3.8) is 0 Å². The molecule has 1 aromatic rings. The molecule has 3 heteroatoms. The Labute approximate surface area is 92.1 Å². The van der Waals surface area contributed by atoms with Gasteiger partial charge in [-0.25, -0.2) is 4.39 Å². The fraction of sp³-hybridized carbons (Fsp3) is 0.455. The van der Waals surface area contributed by atoms with Crippen LogP contribution in [-0.2, 0) is 6.42 Å². The molecule has 0 aliphatic rings. The minimum absolute atomic E-state index is 0.0580. The molecule has 0 atom stereocenters. The standard InChI is InChI=1S/C11H14BrFO/c1-11(2,7-14)6-8-3-4-9(12)5-10(8)13/h3-5,14H,6-7H2,1-2H3. The third-order valence-electron chi connectivity index (χ3n) is 2.11. The molecule has 0 bridgehead atoms. The molecule has 0 saturated heterocycles. The second-order valence-electron chi connectivity index (χ2n) is 4.23. The first-order chi connectivity index (χ1) is 6.44. The van der Waals surface area contributed by atoms with Crippen LogP contribution in [0.5, 0.6) is 0 Å². The van der Waals surface area contributed by atoms with Crippen molar-refractivity contribution in [3.05, 3.63) is 34.1 Å². The summed E-state index contributed by atoms with van der Waals surface area (Å²) < 4.78 is 14.1. The summed E-state index contributed by atoms with van der Waals surface area (Å²) >= 11 is 3.20. The number of aliphatic hydroxyl groups is 1. The van der Waals surface area contributed by atoms with Gasteiger partial charge in [0.15, 0.2) is 0 Å². The molecule has 0 fully saturated rings. The summed E-state index contributed by atoms with van der Waals surface area (Å²) in [7, 11) is 0. The lowest BCUT2D eigenvalue weighted by atomic mass is 9.86. The van der Waals surface area contributed by atoms with Crippen molar-refractivity contribution >= 4 is 15.9 Å². The quantitative estimate of drug-likeness (QED) is 0.886. The lowest BCUT2D eigenvalue weighted by Gasteiger charge is -2.21. The van der Waals surface area contributed by atoms with E-state index in [0.717, 1.165) is 4.47 Å². The monoisotopic (exact) mass is 260 g/mol. The normalized spacial score (nSPS) is 11.8. The molecule has 0 aliphatic carbocycles. The third kappa shape index (κ3) is 3.07. The van der Waals surface area contributed by atoms with Crippen molar-refractivity contribution in [1.82, 2.24) is 0 Å². The van der Waals surface area contributed by atoms with Crippen LogP contribution in [0.1, 0.15) is 19.4 Å². The van der Waals surface area contributed by atoms with Crippen LogP contribution in [0.2, 0.25) is 0 Å². The van der Waals surface area contributed by atoms with E-state index in [4.69, 9.17) is 5.11 Å². The Morgan fingerprint density at radius 2 is 2.07 bits per heavy atom. The van der Waals surface area contributed by atoms with E-state index in [1.54, 1.807) is 6.07 Å². The second-order valence-corrected chi connectivity index (χ2v) is 5.15. The zero-order valence-corrected chi connectivity index (χ0v) is 9.94. The van der Waals surface area contributed by atoms with E-state index in [9.17, 15) is 4.39 Å². The lowest BCUT2D eigenvalue weighted by Crippen LogP contribution is -2.20. The number of aliphatic hydroxyl groups excluding tert-OH is 1. The molecule has 0 saturated carbocycles. The SMILES string of the molecule is CC(C)(CO)Cc1ccc(Br)cc1F. The summed E-state index contributed by atoms with van der Waals surface area (Å²) in [6, 6.07) is 5.01. The van der Waals surface area contributed by atoms with Gasteiger partial charge in [0.25, 0.3) is 0 Å². The van der Waals surface area contributed by atoms with Crippen LogP contribution in [0.3, 0.4) is 0 Å². The number of hydrogen-bond acceptors (Lipinski definition) is 1. The molecule has 0 aliphatic heterocycles. The summed E-state index contributed by atoms with van der Waals surface area (Å²) in [5.74, 6) is -0.221. The van der Waals surface area contributed by atoms with Crippen LogP contribution in [-0.4, -0.2) is 11.7 Å². The second kappa shape index (κ2) is 4.41. The van der Waals surface area contributed by atoms with E-state index < -0.39 is 0 Å². The van der Waals surface area contributed by atoms with Crippen LogP contribution in [0.15, 0.2) is 22.7 Å². The van der Waals surface area contributed by atoms with Crippen LogP contribution < -0.4 is 0 Å². The van der Waals surface area contributed by atoms with E-state index in [0.29, 0.717) is 12.0 Å². The van der Waals surface area contributed by atoms with E-state index in [1.165, 1.54) is 6.07 Å². The zero-order chi connectivity index (χ0) is 10.8. The summed E-state index contributed by atoms with van der Waals surface area (Å²) in [5.41, 5.74) is 0.376. The molecule has 1 aromatic carbocycles. The Hall–Kier alpha value is -0.410. The Morgan fingerprint density at radius 3 is 2.57 bits per heavy atom. The van der Waals surface area contributed by atoms with Gasteiger partial charge < -0.3 is 5.11 Å². The highest BCUT2D eigenvalue weighted by atomic mass is 79.9. The molecule has 0 spiro atoms. The van der Waals surface area contributed by atoms with E-state index >= 15 is 0 Å². The molecule has 1 nitrogen and oxygen atoms in total. The van der Waals surface area contributed by atoms with E-state index in [-0.39, 0.29) is 17.8 Å². The highest BCUT2D eigenvalue weighted by Crippen LogP contribution is 2.24. The summed E-state index contributed by atoms with van der Waals surface area (Å²) in [4.78, 5) is 0. The van der Waals surface area contributed by atoms with Crippen LogP contribution >= 0.6 is 15.9 Å². The smallest absolute Gasteiger partial charge is 0.127 e. The average molecular weight is 261 g/mol. The first-order valence-corrected chi connectivity index (χ1v) is 5.29. The number of benzene rings is 1. The molecule has 14 heavy (non-hydrogen) atoms. The predicted molar refractivity (Wildman–Crippen MR) is 58.7 cm³/mol. The maximum absolute atomic E-state index is 13.4. The van der Waals surface area contributed by atoms with Gasteiger partial charge in [0.1, 0.15) is 5.82 Å². The Kier molecular flexibility index (Phi) is 3.67. The number of hydrogen-bond donors (Lipinski definition) is 1. The summed E-state index contributed by atoms with van der Waals surface area (Å²) in [5, 5.41) is 9.07. The van der Waals surface area contributed by atoms with Gasteiger partial charge >= 0.3 is 0 Å². The predicted octanol–water partition coefficient (Wildman–Crippen LogP) is 3.15. The van der Waals surface area contributed by atoms with Gasteiger partial charge in [-0.05, 0) is 29.5 Å². The van der Waals surface area contributed by atoms with Gasteiger partial charge in [-0.1, -0.05) is 35.8 Å². The molecule has 78 valence electrons. The Morgan fingerprint density at radius 1 is 1.43 bits per heavy atom. The first-order valence-electron chi connectivity index (χ1n) is 4.49. The Bertz CT molecular complexity index is 323. The average Bonchev–Trinajstić information content (AvgIpc) is 2.10. The molecular weight excluding hydrogens is 247 g/mol. The molecule has 0 amide bonds. The van der Waals surface area contributed by atoms with E-state index in [1.807, 2.05) is 19.9 Å². The number of rotatable bonds is 3. The van der Waals surface area contributed by atoms with Crippen molar-refractivity contribution in [2.75, 3.05) is 6.61 Å². The fourth-order valence-corrected chi connectivity index (χ4v) is 1.57. The maximum Gasteiger partial charge on any atom is 0.127 e. The maximum atomic E-state index is 13.4. The summed E-state index contributed by atoms with van der Waals surface area (Å²) in [6.07, 6.45) is 0.544. The zero-order valence-electron chi connectivity index (χ0n) is 8.35. The van der Waals surface area contributed by atoms with Gasteiger partial charge in [0, 0.05) is 11.1 Å². The highest BCUT2D eigenvalue weighted by Gasteiger charge is 2.19. The number of halogens is 2. The minimum Gasteiger partial charge on any atom is -0.396 e. The summed E-state index contributed by atoms with van der Waals surface area (Å²) in [6.45, 7) is 3.88. The molecule has 0 radical (unpaired) electrons. The van der Waals surface area contributed by atoms with Crippen LogP contribution in [0, 0.1) is 11.2 Å². The van der Waals surface area contributed by atoms with Gasteiger partial charge in [-0.15, -0.1) is 0 Å². The van der Waals surface area contributed by atoms with Gasteiger partial charge in [-0.3, -0.25) is 0 Å². The third-order valence-corrected chi connectivity index (χ3v) is 2.61. The van der Waals surface area contributed by atoms with Crippen LogP contribution in [0.4, 0.5) is 4.39 Å². The van der Waals surface area contributed by atoms with Crippen molar-refractivity contribution in [1.29, 1.82) is 0 Å². The van der Waals surface area contributed by atoms with Crippen molar-refractivity contribution in [3.8, 4) is 0 Å². The van der Waals surface area contributed by atoms with Crippen molar-refractivity contribution in [2.24, 2.45) is 5.41 Å². The highest BCUT2D eigenvalue weighted by molar-refractivity contribution is 9.10. The van der Waals surface area contributed by atoms with Crippen LogP contribution in [0.25, 0.3) is 0 Å². The molecule has 0 unspecified atom stereocenters. The molecule has 1 rings (SSSR count). The fourth-order valence-electron chi connectivity index (χ4n) is 1.24.